The number of halogens is 1. The van der Waals surface area contributed by atoms with E-state index in [0.29, 0.717) is 11.3 Å². The van der Waals surface area contributed by atoms with Gasteiger partial charge < -0.3 is 10.6 Å². The van der Waals surface area contributed by atoms with Crippen molar-refractivity contribution >= 4 is 17.5 Å². The Bertz CT molecular complexity index is 709. The first-order chi connectivity index (χ1) is 11.4. The molecule has 0 aromatic heterocycles. The average Bonchev–Trinajstić information content (AvgIpc) is 2.54. The van der Waals surface area contributed by atoms with Gasteiger partial charge in [0.05, 0.1) is 0 Å². The molecule has 0 bridgehead atoms. The molecule has 126 valence electrons. The summed E-state index contributed by atoms with van der Waals surface area (Å²) < 4.78 is 12.9. The third-order valence-electron chi connectivity index (χ3n) is 3.66. The lowest BCUT2D eigenvalue weighted by atomic mass is 10.0. The van der Waals surface area contributed by atoms with Gasteiger partial charge in [-0.2, -0.15) is 0 Å². The van der Waals surface area contributed by atoms with Crippen molar-refractivity contribution in [2.75, 3.05) is 5.32 Å². The van der Waals surface area contributed by atoms with Gasteiger partial charge in [-0.05, 0) is 49.2 Å². The Morgan fingerprint density at radius 3 is 2.08 bits per heavy atom. The number of hydrogen-bond acceptors (Lipinski definition) is 2. The largest absolute Gasteiger partial charge is 0.340 e. The predicted molar refractivity (Wildman–Crippen MR) is 92.3 cm³/mol. The van der Waals surface area contributed by atoms with Gasteiger partial charge in [-0.3, -0.25) is 9.59 Å². The second-order valence-electron chi connectivity index (χ2n) is 6.06. The van der Waals surface area contributed by atoms with Gasteiger partial charge in [0.2, 0.25) is 5.91 Å². The van der Waals surface area contributed by atoms with Gasteiger partial charge in [0.25, 0.3) is 5.91 Å². The lowest BCUT2D eigenvalue weighted by Crippen LogP contribution is -2.47. The molecule has 0 aliphatic carbocycles. The Labute approximate surface area is 141 Å². The molecule has 2 rings (SSSR count). The summed E-state index contributed by atoms with van der Waals surface area (Å²) in [6.45, 7) is 5.64. The Hall–Kier alpha value is -2.69. The molecule has 24 heavy (non-hydrogen) atoms. The molecule has 1 atom stereocenters. The molecule has 2 aromatic rings. The van der Waals surface area contributed by atoms with Crippen LogP contribution in [0.5, 0.6) is 0 Å². The minimum absolute atomic E-state index is 0.0974. The SMILES string of the molecule is Cc1ccc(C(=O)NC(C(=O)Nc2ccc(F)cc2)C(C)C)cc1. The van der Waals surface area contributed by atoms with Gasteiger partial charge in [-0.15, -0.1) is 0 Å². The number of carbonyl (C=O) groups excluding carboxylic acids is 2. The van der Waals surface area contributed by atoms with Gasteiger partial charge in [0, 0.05) is 11.3 Å². The number of aryl methyl sites for hydroxylation is 1. The number of nitrogens with one attached hydrogen (secondary N) is 2. The van der Waals surface area contributed by atoms with E-state index in [2.05, 4.69) is 10.6 Å². The molecule has 2 amide bonds. The third-order valence-corrected chi connectivity index (χ3v) is 3.66. The predicted octanol–water partition coefficient (Wildman–Crippen LogP) is 3.53. The second-order valence-corrected chi connectivity index (χ2v) is 6.06. The fourth-order valence-corrected chi connectivity index (χ4v) is 2.22. The van der Waals surface area contributed by atoms with Crippen molar-refractivity contribution in [1.29, 1.82) is 0 Å². The lowest BCUT2D eigenvalue weighted by molar-refractivity contribution is -0.118. The van der Waals surface area contributed by atoms with E-state index in [1.54, 1.807) is 12.1 Å². The van der Waals surface area contributed by atoms with E-state index in [-0.39, 0.29) is 23.5 Å². The first-order valence-corrected chi connectivity index (χ1v) is 7.81. The summed E-state index contributed by atoms with van der Waals surface area (Å²) in [5.74, 6) is -1.11. The zero-order valence-corrected chi connectivity index (χ0v) is 14.0. The van der Waals surface area contributed by atoms with Crippen LogP contribution >= 0.6 is 0 Å². The van der Waals surface area contributed by atoms with Crippen LogP contribution in [0.4, 0.5) is 10.1 Å². The Morgan fingerprint density at radius 2 is 1.54 bits per heavy atom. The van der Waals surface area contributed by atoms with E-state index in [1.807, 2.05) is 32.9 Å². The monoisotopic (exact) mass is 328 g/mol. The Morgan fingerprint density at radius 1 is 0.958 bits per heavy atom. The normalized spacial score (nSPS) is 11.9. The molecule has 5 heteroatoms. The fourth-order valence-electron chi connectivity index (χ4n) is 2.22. The summed E-state index contributed by atoms with van der Waals surface area (Å²) in [7, 11) is 0. The van der Waals surface area contributed by atoms with E-state index in [1.165, 1.54) is 24.3 Å². The molecule has 1 unspecified atom stereocenters. The molecule has 0 spiro atoms. The van der Waals surface area contributed by atoms with Crippen LogP contribution in [0.1, 0.15) is 29.8 Å². The highest BCUT2D eigenvalue weighted by molar-refractivity contribution is 6.01. The third kappa shape index (κ3) is 4.65. The molecular weight excluding hydrogens is 307 g/mol. The highest BCUT2D eigenvalue weighted by Gasteiger charge is 2.24. The van der Waals surface area contributed by atoms with E-state index in [9.17, 15) is 14.0 Å². The van der Waals surface area contributed by atoms with Crippen molar-refractivity contribution in [3.05, 3.63) is 65.5 Å². The molecule has 4 nitrogen and oxygen atoms in total. The van der Waals surface area contributed by atoms with Crippen LogP contribution in [-0.4, -0.2) is 17.9 Å². The van der Waals surface area contributed by atoms with Crippen LogP contribution < -0.4 is 10.6 Å². The number of anilines is 1. The molecule has 2 N–H and O–H groups in total. The Kier molecular flexibility index (Phi) is 5.68. The first kappa shape index (κ1) is 17.7. The quantitative estimate of drug-likeness (QED) is 0.882. The minimum Gasteiger partial charge on any atom is -0.340 e. The molecule has 0 heterocycles. The van der Waals surface area contributed by atoms with E-state index in [0.717, 1.165) is 5.56 Å². The molecule has 0 fully saturated rings. The number of benzene rings is 2. The molecule has 0 aliphatic heterocycles. The van der Waals surface area contributed by atoms with Crippen molar-refractivity contribution in [2.24, 2.45) is 5.92 Å². The smallest absolute Gasteiger partial charge is 0.251 e. The van der Waals surface area contributed by atoms with Crippen LogP contribution in [0.2, 0.25) is 0 Å². The van der Waals surface area contributed by atoms with E-state index < -0.39 is 6.04 Å². The molecule has 0 radical (unpaired) electrons. The molecular formula is C19H21FN2O2. The number of carbonyl (C=O) groups is 2. The topological polar surface area (TPSA) is 58.2 Å². The summed E-state index contributed by atoms with van der Waals surface area (Å²) in [4.78, 5) is 24.8. The van der Waals surface area contributed by atoms with Crippen molar-refractivity contribution in [3.63, 3.8) is 0 Å². The van der Waals surface area contributed by atoms with Crippen LogP contribution in [0.3, 0.4) is 0 Å². The fraction of sp³-hybridized carbons (Fsp3) is 0.263. The summed E-state index contributed by atoms with van der Waals surface area (Å²) >= 11 is 0. The summed E-state index contributed by atoms with van der Waals surface area (Å²) in [5, 5.41) is 5.45. The summed E-state index contributed by atoms with van der Waals surface area (Å²) in [6, 6.07) is 11.9. The number of hydrogen-bond donors (Lipinski definition) is 2. The maximum absolute atomic E-state index is 12.9. The number of rotatable bonds is 5. The van der Waals surface area contributed by atoms with Crippen molar-refractivity contribution in [3.8, 4) is 0 Å². The lowest BCUT2D eigenvalue weighted by Gasteiger charge is -2.22. The van der Waals surface area contributed by atoms with Crippen molar-refractivity contribution < 1.29 is 14.0 Å². The van der Waals surface area contributed by atoms with Crippen LogP contribution in [-0.2, 0) is 4.79 Å². The average molecular weight is 328 g/mol. The van der Waals surface area contributed by atoms with E-state index >= 15 is 0 Å². The van der Waals surface area contributed by atoms with Gasteiger partial charge in [0.15, 0.2) is 0 Å². The second kappa shape index (κ2) is 7.73. The van der Waals surface area contributed by atoms with Gasteiger partial charge >= 0.3 is 0 Å². The first-order valence-electron chi connectivity index (χ1n) is 7.81. The van der Waals surface area contributed by atoms with Gasteiger partial charge in [-0.25, -0.2) is 4.39 Å². The molecule has 2 aromatic carbocycles. The van der Waals surface area contributed by atoms with Crippen LogP contribution in [0.25, 0.3) is 0 Å². The van der Waals surface area contributed by atoms with Gasteiger partial charge in [0.1, 0.15) is 11.9 Å². The highest BCUT2D eigenvalue weighted by Crippen LogP contribution is 2.12. The Balaban J connectivity index is 2.07. The molecule has 0 saturated carbocycles. The van der Waals surface area contributed by atoms with Crippen LogP contribution in [0.15, 0.2) is 48.5 Å². The minimum atomic E-state index is -0.691. The zero-order valence-electron chi connectivity index (χ0n) is 14.0. The van der Waals surface area contributed by atoms with Crippen LogP contribution in [0, 0.1) is 18.7 Å². The maximum atomic E-state index is 12.9. The van der Waals surface area contributed by atoms with E-state index in [4.69, 9.17) is 0 Å². The standard InChI is InChI=1S/C19H21FN2O2/c1-12(2)17(19(24)21-16-10-8-15(20)9-11-16)22-18(23)14-6-4-13(3)5-7-14/h4-12,17H,1-3H3,(H,21,24)(H,22,23). The maximum Gasteiger partial charge on any atom is 0.251 e. The van der Waals surface area contributed by atoms with Crippen molar-refractivity contribution in [2.45, 2.75) is 26.8 Å². The zero-order chi connectivity index (χ0) is 17.7. The molecule has 0 aliphatic rings. The van der Waals surface area contributed by atoms with Crippen molar-refractivity contribution in [1.82, 2.24) is 5.32 Å². The number of amides is 2. The van der Waals surface area contributed by atoms with Gasteiger partial charge in [-0.1, -0.05) is 31.5 Å². The molecule has 0 saturated heterocycles. The summed E-state index contributed by atoms with van der Waals surface area (Å²) in [6.07, 6.45) is 0. The highest BCUT2D eigenvalue weighted by atomic mass is 19.1. The summed E-state index contributed by atoms with van der Waals surface area (Å²) in [5.41, 5.74) is 2.04.